The van der Waals surface area contributed by atoms with Crippen molar-refractivity contribution in [2.24, 2.45) is 0 Å². The number of phenolic OH excluding ortho intramolecular Hbond substituents is 1. The van der Waals surface area contributed by atoms with Gasteiger partial charge in [0, 0.05) is 12.1 Å². The molecule has 0 spiro atoms. The third-order valence-electron chi connectivity index (χ3n) is 5.44. The molecule has 4 rings (SSSR count). The SMILES string of the molecule is O=C(N[C@@H]1CNCCC[C@H]1OC(=O)c1ccccc1Oc1ccccc1)c1ccc(O)cc1. The van der Waals surface area contributed by atoms with E-state index in [1.165, 1.54) is 12.1 Å². The molecule has 1 aliphatic rings. The fourth-order valence-corrected chi connectivity index (χ4v) is 3.71. The zero-order chi connectivity index (χ0) is 23.0. The van der Waals surface area contributed by atoms with Crippen LogP contribution in [0, 0.1) is 0 Å². The zero-order valence-electron chi connectivity index (χ0n) is 18.1. The molecule has 1 amide bonds. The maximum absolute atomic E-state index is 13.1. The number of rotatable bonds is 6. The van der Waals surface area contributed by atoms with Gasteiger partial charge in [-0.25, -0.2) is 4.79 Å². The summed E-state index contributed by atoms with van der Waals surface area (Å²) in [6.07, 6.45) is 0.922. The van der Waals surface area contributed by atoms with Gasteiger partial charge in [-0.1, -0.05) is 30.3 Å². The molecule has 3 aromatic carbocycles. The van der Waals surface area contributed by atoms with Gasteiger partial charge in [0.05, 0.1) is 6.04 Å². The first-order valence-electron chi connectivity index (χ1n) is 10.9. The van der Waals surface area contributed by atoms with Crippen LogP contribution in [0.1, 0.15) is 33.6 Å². The minimum Gasteiger partial charge on any atom is -0.508 e. The van der Waals surface area contributed by atoms with Crippen LogP contribution in [0.4, 0.5) is 0 Å². The summed E-state index contributed by atoms with van der Waals surface area (Å²) in [7, 11) is 0. The first-order valence-corrected chi connectivity index (χ1v) is 10.9. The van der Waals surface area contributed by atoms with Gasteiger partial charge >= 0.3 is 5.97 Å². The van der Waals surface area contributed by atoms with Crippen molar-refractivity contribution in [1.29, 1.82) is 0 Å². The van der Waals surface area contributed by atoms with Crippen LogP contribution in [-0.4, -0.2) is 42.2 Å². The van der Waals surface area contributed by atoms with Crippen molar-refractivity contribution in [1.82, 2.24) is 10.6 Å². The first kappa shape index (κ1) is 22.4. The normalized spacial score (nSPS) is 18.1. The third-order valence-corrected chi connectivity index (χ3v) is 5.44. The Morgan fingerprint density at radius 1 is 0.939 bits per heavy atom. The molecule has 1 saturated heterocycles. The highest BCUT2D eigenvalue weighted by atomic mass is 16.5. The van der Waals surface area contributed by atoms with E-state index in [9.17, 15) is 14.7 Å². The maximum atomic E-state index is 13.1. The Labute approximate surface area is 192 Å². The molecule has 170 valence electrons. The number of phenols is 1. The lowest BCUT2D eigenvalue weighted by atomic mass is 10.1. The number of hydrogen-bond donors (Lipinski definition) is 3. The van der Waals surface area contributed by atoms with Crippen molar-refractivity contribution >= 4 is 11.9 Å². The maximum Gasteiger partial charge on any atom is 0.342 e. The van der Waals surface area contributed by atoms with Crippen molar-refractivity contribution in [3.63, 3.8) is 0 Å². The van der Waals surface area contributed by atoms with Gasteiger partial charge < -0.3 is 25.2 Å². The molecule has 3 N–H and O–H groups in total. The number of amides is 1. The summed E-state index contributed by atoms with van der Waals surface area (Å²) < 4.78 is 11.8. The van der Waals surface area contributed by atoms with Gasteiger partial charge in [0.25, 0.3) is 5.91 Å². The second kappa shape index (κ2) is 10.7. The molecule has 2 atom stereocenters. The lowest BCUT2D eigenvalue weighted by Gasteiger charge is -2.26. The summed E-state index contributed by atoms with van der Waals surface area (Å²) in [4.78, 5) is 25.8. The van der Waals surface area contributed by atoms with E-state index in [4.69, 9.17) is 9.47 Å². The molecule has 0 radical (unpaired) electrons. The van der Waals surface area contributed by atoms with Gasteiger partial charge in [0.1, 0.15) is 28.9 Å². The lowest BCUT2D eigenvalue weighted by Crippen LogP contribution is -2.49. The van der Waals surface area contributed by atoms with Crippen molar-refractivity contribution in [2.75, 3.05) is 13.1 Å². The largest absolute Gasteiger partial charge is 0.508 e. The molecule has 0 aliphatic carbocycles. The van der Waals surface area contributed by atoms with Gasteiger partial charge in [-0.3, -0.25) is 4.79 Å². The first-order chi connectivity index (χ1) is 16.1. The van der Waals surface area contributed by atoms with Gasteiger partial charge in [-0.2, -0.15) is 0 Å². The van der Waals surface area contributed by atoms with E-state index in [1.54, 1.807) is 36.4 Å². The minimum absolute atomic E-state index is 0.0888. The molecule has 0 bridgehead atoms. The van der Waals surface area contributed by atoms with Crippen LogP contribution in [0.3, 0.4) is 0 Å². The molecule has 1 aliphatic heterocycles. The van der Waals surface area contributed by atoms with E-state index in [-0.39, 0.29) is 11.7 Å². The van der Waals surface area contributed by atoms with Crippen LogP contribution in [-0.2, 0) is 4.74 Å². The summed E-state index contributed by atoms with van der Waals surface area (Å²) in [6.45, 7) is 1.25. The average molecular weight is 447 g/mol. The summed E-state index contributed by atoms with van der Waals surface area (Å²) in [5.41, 5.74) is 0.742. The molecular weight excluding hydrogens is 420 g/mol. The topological polar surface area (TPSA) is 96.9 Å². The number of carbonyl (C=O) groups is 2. The summed E-state index contributed by atoms with van der Waals surface area (Å²) >= 11 is 0. The van der Waals surface area contributed by atoms with Gasteiger partial charge in [0.15, 0.2) is 0 Å². The number of benzene rings is 3. The fraction of sp³-hybridized carbons (Fsp3) is 0.231. The van der Waals surface area contributed by atoms with Crippen molar-refractivity contribution in [3.05, 3.63) is 90.0 Å². The standard InChI is InChI=1S/C26H26N2O5/c29-19-14-12-18(13-15-19)25(30)28-22-17-27-16-6-11-24(22)33-26(31)21-9-4-5-10-23(21)32-20-7-2-1-3-8-20/h1-5,7-10,12-15,22,24,27,29H,6,11,16-17H2,(H,28,30)/t22-,24-/m1/s1. The molecular formula is C26H26N2O5. The highest BCUT2D eigenvalue weighted by Gasteiger charge is 2.30. The Kier molecular flexibility index (Phi) is 7.22. The predicted molar refractivity (Wildman–Crippen MR) is 124 cm³/mol. The molecule has 7 nitrogen and oxygen atoms in total. The van der Waals surface area contributed by atoms with Crippen LogP contribution in [0.15, 0.2) is 78.9 Å². The van der Waals surface area contributed by atoms with E-state index in [0.717, 1.165) is 13.0 Å². The quantitative estimate of drug-likeness (QED) is 0.497. The Bertz CT molecular complexity index is 1090. The molecule has 1 fully saturated rings. The fourth-order valence-electron chi connectivity index (χ4n) is 3.71. The van der Waals surface area contributed by atoms with Crippen LogP contribution in [0.5, 0.6) is 17.2 Å². The van der Waals surface area contributed by atoms with E-state index in [1.807, 2.05) is 30.3 Å². The number of esters is 1. The van der Waals surface area contributed by atoms with Crippen LogP contribution in [0.25, 0.3) is 0 Å². The number of hydrogen-bond acceptors (Lipinski definition) is 6. The number of nitrogens with one attached hydrogen (secondary N) is 2. The monoisotopic (exact) mass is 446 g/mol. The molecule has 3 aromatic rings. The zero-order valence-corrected chi connectivity index (χ0v) is 18.1. The highest BCUT2D eigenvalue weighted by molar-refractivity contribution is 5.95. The third kappa shape index (κ3) is 5.90. The number of aromatic hydroxyl groups is 1. The Morgan fingerprint density at radius 2 is 1.67 bits per heavy atom. The van der Waals surface area contributed by atoms with Crippen molar-refractivity contribution in [3.8, 4) is 17.2 Å². The van der Waals surface area contributed by atoms with Crippen LogP contribution >= 0.6 is 0 Å². The smallest absolute Gasteiger partial charge is 0.342 e. The average Bonchev–Trinajstić information content (AvgIpc) is 3.05. The van der Waals surface area contributed by atoms with Crippen molar-refractivity contribution in [2.45, 2.75) is 25.0 Å². The van der Waals surface area contributed by atoms with Crippen LogP contribution in [0.2, 0.25) is 0 Å². The summed E-state index contributed by atoms with van der Waals surface area (Å²) in [6, 6.07) is 21.8. The van der Waals surface area contributed by atoms with Gasteiger partial charge in [-0.15, -0.1) is 0 Å². The number of para-hydroxylation sites is 2. The highest BCUT2D eigenvalue weighted by Crippen LogP contribution is 2.26. The van der Waals surface area contributed by atoms with Crippen LogP contribution < -0.4 is 15.4 Å². The second-order valence-electron chi connectivity index (χ2n) is 7.83. The number of carbonyl (C=O) groups excluding carboxylic acids is 2. The molecule has 0 unspecified atom stereocenters. The van der Waals surface area contributed by atoms with Gasteiger partial charge in [0.2, 0.25) is 0 Å². The Hall–Kier alpha value is -3.84. The van der Waals surface area contributed by atoms with Gasteiger partial charge in [-0.05, 0) is 67.9 Å². The molecule has 0 aromatic heterocycles. The molecule has 7 heteroatoms. The van der Waals surface area contributed by atoms with E-state index < -0.39 is 18.1 Å². The van der Waals surface area contributed by atoms with E-state index >= 15 is 0 Å². The van der Waals surface area contributed by atoms with E-state index in [0.29, 0.717) is 35.6 Å². The molecule has 1 heterocycles. The summed E-state index contributed by atoms with van der Waals surface area (Å²) in [5.74, 6) is 0.321. The second-order valence-corrected chi connectivity index (χ2v) is 7.83. The molecule has 0 saturated carbocycles. The number of ether oxygens (including phenoxy) is 2. The minimum atomic E-state index is -0.502. The summed E-state index contributed by atoms with van der Waals surface area (Å²) in [5, 5.41) is 15.7. The van der Waals surface area contributed by atoms with E-state index in [2.05, 4.69) is 10.6 Å². The molecule has 33 heavy (non-hydrogen) atoms. The lowest BCUT2D eigenvalue weighted by molar-refractivity contribution is 0.0189. The Balaban J connectivity index is 1.48. The van der Waals surface area contributed by atoms with Crippen molar-refractivity contribution < 1.29 is 24.2 Å². The predicted octanol–water partition coefficient (Wildman–Crippen LogP) is 3.89. The Morgan fingerprint density at radius 3 is 2.45 bits per heavy atom.